The summed E-state index contributed by atoms with van der Waals surface area (Å²) in [5.41, 5.74) is 1.61. The lowest BCUT2D eigenvalue weighted by atomic mass is 10.2. The summed E-state index contributed by atoms with van der Waals surface area (Å²) in [7, 11) is 1.67. The molecule has 1 amide bonds. The number of carbonyl (C=O) groups is 1. The number of carbonyl (C=O) groups excluding carboxylic acids is 1. The number of hydrogen-bond acceptors (Lipinski definition) is 5. The zero-order valence-corrected chi connectivity index (χ0v) is 15.6. The van der Waals surface area contributed by atoms with Crippen LogP contribution < -0.4 is 14.4 Å². The van der Waals surface area contributed by atoms with Crippen molar-refractivity contribution >= 4 is 11.6 Å². The van der Waals surface area contributed by atoms with Gasteiger partial charge in [-0.2, -0.15) is 5.26 Å². The van der Waals surface area contributed by atoms with Crippen molar-refractivity contribution in [2.45, 2.75) is 13.0 Å². The van der Waals surface area contributed by atoms with Gasteiger partial charge in [-0.1, -0.05) is 12.1 Å². The van der Waals surface area contributed by atoms with E-state index in [2.05, 4.69) is 11.0 Å². The van der Waals surface area contributed by atoms with Gasteiger partial charge in [0.25, 0.3) is 5.91 Å². The first-order valence-corrected chi connectivity index (χ1v) is 8.96. The monoisotopic (exact) mass is 365 g/mol. The van der Waals surface area contributed by atoms with E-state index in [1.54, 1.807) is 38.3 Å². The quantitative estimate of drug-likeness (QED) is 0.815. The lowest BCUT2D eigenvalue weighted by Crippen LogP contribution is -2.52. The summed E-state index contributed by atoms with van der Waals surface area (Å²) in [5.74, 6) is 1.40. The molecule has 1 aliphatic heterocycles. The van der Waals surface area contributed by atoms with Gasteiger partial charge in [-0.3, -0.25) is 4.79 Å². The smallest absolute Gasteiger partial charge is 0.263 e. The van der Waals surface area contributed by atoms with Crippen molar-refractivity contribution in [1.82, 2.24) is 4.90 Å². The number of methoxy groups -OCH3 is 1. The zero-order chi connectivity index (χ0) is 19.2. The molecule has 0 radical (unpaired) electrons. The molecule has 0 saturated carbocycles. The molecule has 2 aromatic carbocycles. The van der Waals surface area contributed by atoms with Crippen molar-refractivity contribution in [2.75, 3.05) is 38.2 Å². The molecule has 6 heteroatoms. The Balaban J connectivity index is 1.56. The predicted octanol–water partition coefficient (Wildman–Crippen LogP) is 2.68. The van der Waals surface area contributed by atoms with E-state index in [0.717, 1.165) is 24.5 Å². The molecule has 1 aliphatic rings. The second-order valence-corrected chi connectivity index (χ2v) is 6.38. The van der Waals surface area contributed by atoms with Crippen molar-refractivity contribution in [1.29, 1.82) is 5.26 Å². The van der Waals surface area contributed by atoms with Crippen LogP contribution in [0.3, 0.4) is 0 Å². The minimum atomic E-state index is -0.573. The van der Waals surface area contributed by atoms with Crippen molar-refractivity contribution in [2.24, 2.45) is 0 Å². The van der Waals surface area contributed by atoms with Crippen molar-refractivity contribution < 1.29 is 14.3 Å². The van der Waals surface area contributed by atoms with Crippen molar-refractivity contribution in [3.05, 3.63) is 54.1 Å². The van der Waals surface area contributed by atoms with E-state index in [4.69, 9.17) is 14.7 Å². The van der Waals surface area contributed by atoms with Gasteiger partial charge in [-0.05, 0) is 43.3 Å². The average molecular weight is 365 g/mol. The van der Waals surface area contributed by atoms with Gasteiger partial charge >= 0.3 is 0 Å². The van der Waals surface area contributed by atoms with Crippen LogP contribution in [0.15, 0.2) is 48.5 Å². The third-order valence-electron chi connectivity index (χ3n) is 4.66. The molecule has 1 saturated heterocycles. The van der Waals surface area contributed by atoms with Crippen LogP contribution in [0.25, 0.3) is 0 Å². The Hall–Kier alpha value is -3.20. The van der Waals surface area contributed by atoms with E-state index in [9.17, 15) is 4.79 Å². The maximum Gasteiger partial charge on any atom is 0.263 e. The number of anilines is 1. The van der Waals surface area contributed by atoms with E-state index in [-0.39, 0.29) is 5.91 Å². The minimum Gasteiger partial charge on any atom is -0.495 e. The van der Waals surface area contributed by atoms with Gasteiger partial charge in [-0.25, -0.2) is 0 Å². The predicted molar refractivity (Wildman–Crippen MR) is 103 cm³/mol. The Morgan fingerprint density at radius 2 is 1.74 bits per heavy atom. The normalized spacial score (nSPS) is 15.0. The highest BCUT2D eigenvalue weighted by atomic mass is 16.5. The maximum atomic E-state index is 12.7. The molecule has 27 heavy (non-hydrogen) atoms. The van der Waals surface area contributed by atoms with E-state index >= 15 is 0 Å². The summed E-state index contributed by atoms with van der Waals surface area (Å²) < 4.78 is 11.2. The molecule has 0 N–H and O–H groups in total. The van der Waals surface area contributed by atoms with Crippen LogP contribution in [0.2, 0.25) is 0 Å². The minimum absolute atomic E-state index is 0.0287. The van der Waals surface area contributed by atoms with E-state index in [1.807, 2.05) is 29.2 Å². The number of ether oxygens (including phenoxy) is 2. The summed E-state index contributed by atoms with van der Waals surface area (Å²) in [6, 6.07) is 16.8. The van der Waals surface area contributed by atoms with E-state index < -0.39 is 6.10 Å². The first-order chi connectivity index (χ1) is 13.1. The molecular weight excluding hydrogens is 342 g/mol. The third kappa shape index (κ3) is 4.32. The van der Waals surface area contributed by atoms with Gasteiger partial charge in [0.15, 0.2) is 6.10 Å². The summed E-state index contributed by atoms with van der Waals surface area (Å²) in [5, 5.41) is 8.84. The summed E-state index contributed by atoms with van der Waals surface area (Å²) in [6.45, 7) is 4.52. The molecule has 1 atom stereocenters. The number of rotatable bonds is 5. The third-order valence-corrected chi connectivity index (χ3v) is 4.66. The van der Waals surface area contributed by atoms with E-state index in [0.29, 0.717) is 24.4 Å². The number of hydrogen-bond donors (Lipinski definition) is 0. The number of amides is 1. The number of piperazine rings is 1. The second-order valence-electron chi connectivity index (χ2n) is 6.38. The second kappa shape index (κ2) is 8.45. The summed E-state index contributed by atoms with van der Waals surface area (Å²) >= 11 is 0. The van der Waals surface area contributed by atoms with E-state index in [1.165, 1.54) is 0 Å². The molecule has 140 valence electrons. The van der Waals surface area contributed by atoms with Crippen LogP contribution in [0.5, 0.6) is 11.5 Å². The highest BCUT2D eigenvalue weighted by molar-refractivity contribution is 5.81. The van der Waals surface area contributed by atoms with Gasteiger partial charge in [-0.15, -0.1) is 0 Å². The largest absolute Gasteiger partial charge is 0.495 e. The highest BCUT2D eigenvalue weighted by Crippen LogP contribution is 2.28. The topological polar surface area (TPSA) is 65.8 Å². The molecule has 0 aliphatic carbocycles. The lowest BCUT2D eigenvalue weighted by molar-refractivity contribution is -0.138. The van der Waals surface area contributed by atoms with Crippen LogP contribution in [-0.2, 0) is 4.79 Å². The van der Waals surface area contributed by atoms with Gasteiger partial charge in [0.1, 0.15) is 11.5 Å². The number of para-hydroxylation sites is 2. The van der Waals surface area contributed by atoms with Crippen LogP contribution in [-0.4, -0.2) is 50.2 Å². The van der Waals surface area contributed by atoms with Crippen LogP contribution >= 0.6 is 0 Å². The number of nitrogens with zero attached hydrogens (tertiary/aromatic N) is 3. The number of benzene rings is 2. The Labute approximate surface area is 159 Å². The first-order valence-electron chi connectivity index (χ1n) is 8.96. The molecule has 0 spiro atoms. The standard InChI is InChI=1S/C21H23N3O3/c1-16(27-18-9-7-17(15-22)8-10-18)21(25)24-13-11-23(12-14-24)19-5-3-4-6-20(19)26-2/h3-10,16H,11-14H2,1-2H3. The van der Waals surface area contributed by atoms with Crippen LogP contribution in [0.1, 0.15) is 12.5 Å². The maximum absolute atomic E-state index is 12.7. The van der Waals surface area contributed by atoms with Crippen molar-refractivity contribution in [3.63, 3.8) is 0 Å². The van der Waals surface area contributed by atoms with Crippen molar-refractivity contribution in [3.8, 4) is 17.6 Å². The molecule has 1 unspecified atom stereocenters. The fourth-order valence-electron chi connectivity index (χ4n) is 3.18. The molecule has 3 rings (SSSR count). The Morgan fingerprint density at radius 1 is 1.07 bits per heavy atom. The van der Waals surface area contributed by atoms with Crippen LogP contribution in [0, 0.1) is 11.3 Å². The Bertz CT molecular complexity index is 821. The number of nitriles is 1. The molecule has 0 bridgehead atoms. The fraction of sp³-hybridized carbons (Fsp3) is 0.333. The molecular formula is C21H23N3O3. The average Bonchev–Trinajstić information content (AvgIpc) is 2.73. The van der Waals surface area contributed by atoms with Gasteiger partial charge in [0.2, 0.25) is 0 Å². The highest BCUT2D eigenvalue weighted by Gasteiger charge is 2.27. The zero-order valence-electron chi connectivity index (χ0n) is 15.6. The van der Waals surface area contributed by atoms with Gasteiger partial charge in [0, 0.05) is 26.2 Å². The molecule has 0 aromatic heterocycles. The molecule has 1 heterocycles. The lowest BCUT2D eigenvalue weighted by Gasteiger charge is -2.37. The Kier molecular flexibility index (Phi) is 5.82. The Morgan fingerprint density at radius 3 is 2.37 bits per heavy atom. The summed E-state index contributed by atoms with van der Waals surface area (Å²) in [6.07, 6.45) is -0.573. The fourth-order valence-corrected chi connectivity index (χ4v) is 3.18. The SMILES string of the molecule is COc1ccccc1N1CCN(C(=O)C(C)Oc2ccc(C#N)cc2)CC1. The van der Waals surface area contributed by atoms with Gasteiger partial charge < -0.3 is 19.3 Å². The van der Waals surface area contributed by atoms with Gasteiger partial charge in [0.05, 0.1) is 24.4 Å². The first kappa shape index (κ1) is 18.6. The molecule has 6 nitrogen and oxygen atoms in total. The molecule has 2 aromatic rings. The summed E-state index contributed by atoms with van der Waals surface area (Å²) in [4.78, 5) is 16.8. The van der Waals surface area contributed by atoms with Crippen LogP contribution in [0.4, 0.5) is 5.69 Å². The molecule has 1 fully saturated rings.